The Morgan fingerprint density at radius 2 is 1.56 bits per heavy atom. The van der Waals surface area contributed by atoms with Gasteiger partial charge in [-0.25, -0.2) is 9.78 Å². The van der Waals surface area contributed by atoms with Crippen LogP contribution < -0.4 is 16.1 Å². The zero-order valence-corrected chi connectivity index (χ0v) is 21.5. The number of unbranched alkanes of at least 4 members (excludes halogenated alkanes) is 1. The summed E-state index contributed by atoms with van der Waals surface area (Å²) in [6.07, 6.45) is 5.19. The molecule has 9 heteroatoms. The predicted octanol–water partition coefficient (Wildman–Crippen LogP) is 4.20. The molecule has 0 radical (unpaired) electrons. The minimum atomic E-state index is -0.314. The summed E-state index contributed by atoms with van der Waals surface area (Å²) >= 11 is 6.44. The van der Waals surface area contributed by atoms with Crippen molar-refractivity contribution in [3.8, 4) is 11.1 Å². The second-order valence-corrected chi connectivity index (χ2v) is 9.18. The Morgan fingerprint density at radius 1 is 0.833 bits per heavy atom. The zero-order valence-electron chi connectivity index (χ0n) is 19.9. The van der Waals surface area contributed by atoms with Crippen LogP contribution in [0.4, 0.5) is 5.82 Å². The number of fused-ring (bicyclic) bond motifs is 1. The molecule has 0 N–H and O–H groups in total. The molecule has 1 fully saturated rings. The van der Waals surface area contributed by atoms with E-state index in [1.165, 1.54) is 8.97 Å². The summed E-state index contributed by atoms with van der Waals surface area (Å²) in [7, 11) is 0. The van der Waals surface area contributed by atoms with Crippen molar-refractivity contribution < 1.29 is 0 Å². The van der Waals surface area contributed by atoms with Crippen LogP contribution >= 0.6 is 24.0 Å². The van der Waals surface area contributed by atoms with Crippen molar-refractivity contribution in [3.05, 3.63) is 98.9 Å². The molecule has 0 unspecified atom stereocenters. The first kappa shape index (κ1) is 25.9. The van der Waals surface area contributed by atoms with Crippen LogP contribution in [-0.4, -0.2) is 51.6 Å². The van der Waals surface area contributed by atoms with Crippen molar-refractivity contribution in [2.24, 2.45) is 0 Å². The summed E-state index contributed by atoms with van der Waals surface area (Å²) in [6, 6.07) is 18.7. The minimum Gasteiger partial charge on any atom is -0.354 e. The molecule has 0 aliphatic carbocycles. The van der Waals surface area contributed by atoms with Crippen molar-refractivity contribution in [1.82, 2.24) is 18.9 Å². The van der Waals surface area contributed by atoms with Crippen LogP contribution in [0.1, 0.15) is 12.8 Å². The third-order valence-corrected chi connectivity index (χ3v) is 6.94. The lowest BCUT2D eigenvalue weighted by atomic mass is 10.1. The molecule has 0 saturated carbocycles. The molecule has 1 aromatic carbocycles. The van der Waals surface area contributed by atoms with Gasteiger partial charge in [-0.2, -0.15) is 0 Å². The molecule has 0 amide bonds. The number of hydrogen-bond acceptors (Lipinski definition) is 5. The molecule has 3 aromatic heterocycles. The van der Waals surface area contributed by atoms with Gasteiger partial charge in [-0.05, 0) is 49.7 Å². The molecule has 1 aliphatic rings. The third kappa shape index (κ3) is 5.33. The van der Waals surface area contributed by atoms with E-state index in [2.05, 4.69) is 14.8 Å². The minimum absolute atomic E-state index is 0. The highest BCUT2D eigenvalue weighted by atomic mass is 35.5. The van der Waals surface area contributed by atoms with E-state index in [4.69, 9.17) is 11.6 Å². The normalized spacial score (nSPS) is 14.1. The van der Waals surface area contributed by atoms with Gasteiger partial charge in [0.1, 0.15) is 5.82 Å². The van der Waals surface area contributed by atoms with Crippen LogP contribution in [-0.2, 0) is 6.54 Å². The van der Waals surface area contributed by atoms with Gasteiger partial charge in [0, 0.05) is 55.7 Å². The monoisotopic (exact) mass is 525 g/mol. The van der Waals surface area contributed by atoms with Crippen LogP contribution in [0.3, 0.4) is 0 Å². The molecule has 5 rings (SSSR count). The maximum absolute atomic E-state index is 13.5. The van der Waals surface area contributed by atoms with Crippen LogP contribution in [0.15, 0.2) is 82.6 Å². The first-order chi connectivity index (χ1) is 17.1. The largest absolute Gasteiger partial charge is 0.354 e. The fourth-order valence-electron chi connectivity index (χ4n) is 4.74. The van der Waals surface area contributed by atoms with Gasteiger partial charge in [0.2, 0.25) is 0 Å². The second-order valence-electron chi connectivity index (χ2n) is 8.77. The molecule has 4 heterocycles. The van der Waals surface area contributed by atoms with Crippen LogP contribution in [0, 0.1) is 0 Å². The van der Waals surface area contributed by atoms with Gasteiger partial charge in [0.25, 0.3) is 5.56 Å². The number of halogens is 2. The Labute approximate surface area is 221 Å². The maximum atomic E-state index is 13.5. The lowest BCUT2D eigenvalue weighted by molar-refractivity contribution is 0.250. The van der Waals surface area contributed by atoms with Crippen molar-refractivity contribution in [2.75, 3.05) is 37.6 Å². The van der Waals surface area contributed by atoms with E-state index in [9.17, 15) is 9.59 Å². The average Bonchev–Trinajstić information content (AvgIpc) is 2.90. The smallest absolute Gasteiger partial charge is 0.335 e. The molecule has 0 atom stereocenters. The number of nitrogens with zero attached hydrogens (tertiary/aromatic N) is 5. The molecule has 1 aliphatic heterocycles. The van der Waals surface area contributed by atoms with Crippen LogP contribution in [0.5, 0.6) is 0 Å². The fraction of sp³-hybridized carbons (Fsp3) is 0.296. The first-order valence-electron chi connectivity index (χ1n) is 12.0. The summed E-state index contributed by atoms with van der Waals surface area (Å²) in [5.41, 5.74) is 1.06. The van der Waals surface area contributed by atoms with Crippen LogP contribution in [0.25, 0.3) is 16.6 Å². The van der Waals surface area contributed by atoms with Gasteiger partial charge in [0.15, 0.2) is 0 Å². The predicted molar refractivity (Wildman–Crippen MR) is 148 cm³/mol. The quantitative estimate of drug-likeness (QED) is 0.338. The fourth-order valence-corrected chi connectivity index (χ4v) is 4.97. The highest BCUT2D eigenvalue weighted by molar-refractivity contribution is 6.33. The third-order valence-electron chi connectivity index (χ3n) is 6.61. The van der Waals surface area contributed by atoms with Gasteiger partial charge in [-0.3, -0.25) is 18.7 Å². The molecule has 0 spiro atoms. The number of rotatable bonds is 7. The maximum Gasteiger partial charge on any atom is 0.335 e. The molecule has 1 saturated heterocycles. The van der Waals surface area contributed by atoms with Gasteiger partial charge in [-0.15, -0.1) is 12.4 Å². The number of hydrogen-bond donors (Lipinski definition) is 0. The van der Waals surface area contributed by atoms with E-state index < -0.39 is 0 Å². The standard InChI is InChI=1S/C27H28ClN5O2.ClH/c28-22-10-2-1-9-21(22)25-23-11-4-6-15-32(23)27(35)33(26(25)34)16-8-7-14-30-17-19-31(20-18-30)24-12-3-5-13-29-24;/h1-6,9-13,15H,7-8,14,16-20H2;1H. The Kier molecular flexibility index (Phi) is 8.46. The van der Waals surface area contributed by atoms with Gasteiger partial charge < -0.3 is 4.90 Å². The van der Waals surface area contributed by atoms with Crippen molar-refractivity contribution in [2.45, 2.75) is 19.4 Å². The van der Waals surface area contributed by atoms with E-state index in [1.807, 2.05) is 48.7 Å². The first-order valence-corrected chi connectivity index (χ1v) is 12.4. The summed E-state index contributed by atoms with van der Waals surface area (Å²) < 4.78 is 2.89. The lowest BCUT2D eigenvalue weighted by Gasteiger charge is -2.35. The van der Waals surface area contributed by atoms with E-state index >= 15 is 0 Å². The SMILES string of the molecule is Cl.O=c1c(-c2ccccc2Cl)c2ccccn2c(=O)n1CCCCN1CCN(c2ccccn2)CC1. The zero-order chi connectivity index (χ0) is 24.2. The molecule has 0 bridgehead atoms. The second kappa shape index (κ2) is 11.7. The van der Waals surface area contributed by atoms with E-state index in [1.54, 1.807) is 24.4 Å². The lowest BCUT2D eigenvalue weighted by Crippen LogP contribution is -2.47. The van der Waals surface area contributed by atoms with E-state index in [0.29, 0.717) is 28.2 Å². The Balaban J connectivity index is 0.00000304. The molecular formula is C27H29Cl2N5O2. The van der Waals surface area contributed by atoms with E-state index in [0.717, 1.165) is 51.4 Å². The molecule has 4 aromatic rings. The summed E-state index contributed by atoms with van der Waals surface area (Å²) in [6.45, 7) is 5.17. The Bertz CT molecular complexity index is 1430. The Hall–Kier alpha value is -3.13. The highest BCUT2D eigenvalue weighted by Gasteiger charge is 2.19. The van der Waals surface area contributed by atoms with Crippen LogP contribution in [0.2, 0.25) is 5.02 Å². The van der Waals surface area contributed by atoms with Gasteiger partial charge in [-0.1, -0.05) is 41.9 Å². The number of anilines is 1. The topological polar surface area (TPSA) is 62.9 Å². The average molecular weight is 526 g/mol. The highest BCUT2D eigenvalue weighted by Crippen LogP contribution is 2.27. The van der Waals surface area contributed by atoms with Crippen molar-refractivity contribution in [3.63, 3.8) is 0 Å². The summed E-state index contributed by atoms with van der Waals surface area (Å²) in [5, 5.41) is 0.491. The van der Waals surface area contributed by atoms with Gasteiger partial charge in [0.05, 0.1) is 11.1 Å². The number of piperazine rings is 1. The summed E-state index contributed by atoms with van der Waals surface area (Å²) in [4.78, 5) is 35.8. The number of aromatic nitrogens is 3. The molecule has 7 nitrogen and oxygen atoms in total. The van der Waals surface area contributed by atoms with Crippen molar-refractivity contribution >= 4 is 35.3 Å². The molecule has 188 valence electrons. The van der Waals surface area contributed by atoms with E-state index in [-0.39, 0.29) is 23.7 Å². The number of benzene rings is 1. The van der Waals surface area contributed by atoms with Gasteiger partial charge >= 0.3 is 5.69 Å². The van der Waals surface area contributed by atoms with Crippen molar-refractivity contribution in [1.29, 1.82) is 0 Å². The number of pyridine rings is 2. The molecular weight excluding hydrogens is 497 g/mol. The summed E-state index contributed by atoms with van der Waals surface area (Å²) in [5.74, 6) is 1.03. The molecule has 36 heavy (non-hydrogen) atoms. The Morgan fingerprint density at radius 3 is 2.31 bits per heavy atom.